The number of benzene rings is 2. The number of alkyl halides is 3. The molecule has 0 unspecified atom stereocenters. The molecule has 0 bridgehead atoms. The van der Waals surface area contributed by atoms with Gasteiger partial charge in [-0.3, -0.25) is 4.90 Å². The Hall–Kier alpha value is -5.48. The van der Waals surface area contributed by atoms with Crippen molar-refractivity contribution >= 4 is 33.5 Å². The van der Waals surface area contributed by atoms with Crippen LogP contribution in [-0.4, -0.2) is 72.7 Å². The highest BCUT2D eigenvalue weighted by Crippen LogP contribution is 2.43. The molecule has 0 aliphatic carbocycles. The van der Waals surface area contributed by atoms with Gasteiger partial charge in [-0.1, -0.05) is 12.1 Å². The Morgan fingerprint density at radius 2 is 1.74 bits per heavy atom. The quantitative estimate of drug-likeness (QED) is 0.366. The highest BCUT2D eigenvalue weighted by Gasteiger charge is 2.47. The minimum absolute atomic E-state index is 0.0147. The van der Waals surface area contributed by atoms with Gasteiger partial charge in [0.1, 0.15) is 6.04 Å². The second-order valence-corrected chi connectivity index (χ2v) is 12.4. The maximum absolute atomic E-state index is 14.4. The molecule has 3 heterocycles. The van der Waals surface area contributed by atoms with Crippen LogP contribution >= 0.6 is 0 Å². The minimum Gasteiger partial charge on any atom is -0.337 e. The zero-order valence-electron chi connectivity index (χ0n) is 24.4. The highest BCUT2D eigenvalue weighted by atomic mass is 32.2. The van der Waals surface area contributed by atoms with Crippen LogP contribution in [0.2, 0.25) is 0 Å². The summed E-state index contributed by atoms with van der Waals surface area (Å²) in [5.41, 5.74) is -1.79. The van der Waals surface area contributed by atoms with Gasteiger partial charge in [0, 0.05) is 56.2 Å². The number of anilines is 2. The molecule has 3 aromatic rings. The summed E-state index contributed by atoms with van der Waals surface area (Å²) in [6.45, 7) is 10.1. The first-order valence-electron chi connectivity index (χ1n) is 13.7. The molecule has 4 amide bonds. The summed E-state index contributed by atoms with van der Waals surface area (Å²) in [4.78, 5) is 45.0. The van der Waals surface area contributed by atoms with Crippen LogP contribution < -0.4 is 9.80 Å². The Morgan fingerprint density at radius 3 is 2.33 bits per heavy atom. The van der Waals surface area contributed by atoms with E-state index in [-0.39, 0.29) is 59.3 Å². The molecule has 0 radical (unpaired) electrons. The smallest absolute Gasteiger partial charge is 0.337 e. The third kappa shape index (κ3) is 5.94. The monoisotopic (exact) mass is 650 g/mol. The number of hydrogen-bond donors (Lipinski definition) is 0. The topological polar surface area (TPSA) is 135 Å². The summed E-state index contributed by atoms with van der Waals surface area (Å²) in [5, 5.41) is 9.44. The van der Waals surface area contributed by atoms with Gasteiger partial charge < -0.3 is 9.80 Å². The van der Waals surface area contributed by atoms with E-state index in [1.165, 1.54) is 30.0 Å². The lowest BCUT2D eigenvalue weighted by Crippen LogP contribution is -2.59. The zero-order chi connectivity index (χ0) is 33.4. The second-order valence-electron chi connectivity index (χ2n) is 10.5. The molecule has 0 saturated carbocycles. The van der Waals surface area contributed by atoms with Crippen LogP contribution in [0.25, 0.3) is 4.85 Å². The van der Waals surface area contributed by atoms with Crippen molar-refractivity contribution < 1.29 is 31.2 Å². The van der Waals surface area contributed by atoms with Crippen molar-refractivity contribution in [2.24, 2.45) is 0 Å². The highest BCUT2D eigenvalue weighted by molar-refractivity contribution is 7.90. The maximum Gasteiger partial charge on any atom is 0.416 e. The summed E-state index contributed by atoms with van der Waals surface area (Å²) >= 11 is 0. The number of nitrogens with zero attached hydrogens (tertiary/aromatic N) is 8. The Morgan fingerprint density at radius 1 is 1.07 bits per heavy atom. The molecule has 0 N–H and O–H groups in total. The average Bonchev–Trinajstić information content (AvgIpc) is 3.04. The van der Waals surface area contributed by atoms with E-state index in [4.69, 9.17) is 6.57 Å². The third-order valence-electron chi connectivity index (χ3n) is 7.60. The molecule has 2 aliphatic heterocycles. The van der Waals surface area contributed by atoms with Crippen molar-refractivity contribution in [1.82, 2.24) is 19.8 Å². The van der Waals surface area contributed by atoms with Crippen molar-refractivity contribution in [2.75, 3.05) is 42.2 Å². The van der Waals surface area contributed by atoms with E-state index in [1.807, 2.05) is 11.0 Å². The lowest BCUT2D eigenvalue weighted by Gasteiger charge is -2.44. The summed E-state index contributed by atoms with van der Waals surface area (Å²) < 4.78 is 66.8. The van der Waals surface area contributed by atoms with Crippen LogP contribution in [-0.2, 0) is 16.0 Å². The van der Waals surface area contributed by atoms with E-state index in [0.717, 1.165) is 35.4 Å². The van der Waals surface area contributed by atoms with Crippen molar-refractivity contribution in [3.8, 4) is 6.07 Å². The zero-order valence-corrected chi connectivity index (χ0v) is 25.2. The van der Waals surface area contributed by atoms with Crippen LogP contribution in [0, 0.1) is 17.9 Å². The van der Waals surface area contributed by atoms with E-state index in [2.05, 4.69) is 14.8 Å². The number of carbonyl (C=O) groups is 2. The predicted molar refractivity (Wildman–Crippen MR) is 159 cm³/mol. The van der Waals surface area contributed by atoms with E-state index >= 15 is 0 Å². The molecule has 5 rings (SSSR count). The summed E-state index contributed by atoms with van der Waals surface area (Å²) in [5.74, 6) is 0.432. The molecule has 1 fully saturated rings. The normalized spacial score (nSPS) is 17.5. The van der Waals surface area contributed by atoms with Crippen LogP contribution in [0.1, 0.15) is 29.7 Å². The molecule has 236 valence electrons. The van der Waals surface area contributed by atoms with Gasteiger partial charge in [0.05, 0.1) is 28.7 Å². The van der Waals surface area contributed by atoms with Gasteiger partial charge in [-0.2, -0.15) is 18.4 Å². The Balaban J connectivity index is 1.66. The number of allylic oxidation sites excluding steroid dienone is 1. The van der Waals surface area contributed by atoms with Crippen molar-refractivity contribution in [1.29, 1.82) is 5.26 Å². The third-order valence-corrected chi connectivity index (χ3v) is 8.75. The largest absolute Gasteiger partial charge is 0.416 e. The second kappa shape index (κ2) is 12.1. The predicted octanol–water partition coefficient (Wildman–Crippen LogP) is 4.85. The first-order valence-corrected chi connectivity index (χ1v) is 15.6. The molecule has 1 aromatic heterocycles. The van der Waals surface area contributed by atoms with Crippen molar-refractivity contribution in [2.45, 2.75) is 24.0 Å². The first kappa shape index (κ1) is 31.9. The number of halogens is 3. The lowest BCUT2D eigenvalue weighted by molar-refractivity contribution is -0.137. The van der Waals surface area contributed by atoms with Crippen LogP contribution in [0.5, 0.6) is 0 Å². The number of urea groups is 2. The molecule has 12 nitrogen and oxygen atoms in total. The van der Waals surface area contributed by atoms with E-state index in [0.29, 0.717) is 10.8 Å². The minimum atomic E-state index is -4.75. The van der Waals surface area contributed by atoms with Gasteiger partial charge >= 0.3 is 18.2 Å². The molecule has 1 saturated heterocycles. The number of rotatable bonds is 4. The molecule has 46 heavy (non-hydrogen) atoms. The molecule has 1 atom stereocenters. The molecule has 16 heteroatoms. The Kier molecular flexibility index (Phi) is 8.42. The number of aromatic nitrogens is 2. The van der Waals surface area contributed by atoms with Gasteiger partial charge in [0.2, 0.25) is 11.6 Å². The van der Waals surface area contributed by atoms with Gasteiger partial charge in [0.15, 0.2) is 9.84 Å². The standard InChI is InChI=1S/C30H25F3N8O4S/c1-19-25(35-2)26(23-9-8-20(18-34)16-24(23)46(3,44)45)41(29(43)40(19)22-7-4-6-21(17-22)30(31,32)33)28(42)39-14-12-38(13-15-39)27-36-10-5-11-37-27/h4-11,16-17,26H,12-15H2,1,3H3/t26-/m1/s1. The van der Waals surface area contributed by atoms with E-state index in [9.17, 15) is 36.4 Å². The molecule has 2 aliphatic rings. The molecular formula is C30H25F3N8O4S. The van der Waals surface area contributed by atoms with E-state index in [1.54, 1.807) is 18.5 Å². The fraction of sp³-hybridized carbons (Fsp3) is 0.267. The lowest BCUT2D eigenvalue weighted by atomic mass is 9.97. The number of imide groups is 1. The summed E-state index contributed by atoms with van der Waals surface area (Å²) in [6, 6.07) is 7.49. The van der Waals surface area contributed by atoms with Gasteiger partial charge in [-0.05, 0) is 48.9 Å². The van der Waals surface area contributed by atoms with Crippen LogP contribution in [0.15, 0.2) is 77.2 Å². The molecular weight excluding hydrogens is 625 g/mol. The summed E-state index contributed by atoms with van der Waals surface area (Å²) in [6.07, 6.45) is -0.729. The van der Waals surface area contributed by atoms with E-state index < -0.39 is 39.7 Å². The fourth-order valence-electron chi connectivity index (χ4n) is 5.40. The number of carbonyl (C=O) groups excluding carboxylic acids is 2. The van der Waals surface area contributed by atoms with Crippen molar-refractivity contribution in [3.05, 3.63) is 100 Å². The SMILES string of the molecule is [C-]#[N+]C1=C(C)N(c2cccc(C(F)(F)F)c2)C(=O)N(C(=O)N2CCN(c3ncccn3)CC2)[C@@H]1c1ccc(C#N)cc1S(C)(=O)=O. The number of amides is 4. The van der Waals surface area contributed by atoms with Gasteiger partial charge in [-0.25, -0.2) is 37.7 Å². The van der Waals surface area contributed by atoms with Gasteiger partial charge in [-0.15, -0.1) is 0 Å². The molecule has 0 spiro atoms. The Labute approximate surface area is 262 Å². The molecule has 2 aromatic carbocycles. The Bertz CT molecular complexity index is 1930. The first-order chi connectivity index (χ1) is 21.8. The van der Waals surface area contributed by atoms with Crippen LogP contribution in [0.4, 0.5) is 34.4 Å². The fourth-order valence-corrected chi connectivity index (χ4v) is 6.35. The number of piperazine rings is 1. The van der Waals surface area contributed by atoms with Gasteiger partial charge in [0.25, 0.3) is 0 Å². The number of sulfone groups is 1. The number of hydrogen-bond acceptors (Lipinski definition) is 8. The van der Waals surface area contributed by atoms with Crippen LogP contribution in [0.3, 0.4) is 0 Å². The maximum atomic E-state index is 14.4. The average molecular weight is 651 g/mol. The summed E-state index contributed by atoms with van der Waals surface area (Å²) in [7, 11) is -4.08. The number of nitriles is 1. The van der Waals surface area contributed by atoms with Crippen molar-refractivity contribution in [3.63, 3.8) is 0 Å².